The van der Waals surface area contributed by atoms with Crippen LogP contribution in [0.4, 0.5) is 0 Å². The Morgan fingerprint density at radius 3 is 1.10 bits per heavy atom. The van der Waals surface area contributed by atoms with Crippen molar-refractivity contribution >= 4 is 0 Å². The first-order valence-corrected chi connectivity index (χ1v) is 17.8. The summed E-state index contributed by atoms with van der Waals surface area (Å²) in [5, 5.41) is 12.7. The van der Waals surface area contributed by atoms with Crippen molar-refractivity contribution in [3.8, 4) is 5.75 Å². The van der Waals surface area contributed by atoms with Crippen molar-refractivity contribution in [3.05, 3.63) is 28.8 Å². The third-order valence-corrected chi connectivity index (χ3v) is 15.9. The van der Waals surface area contributed by atoms with Gasteiger partial charge in [0.15, 0.2) is 0 Å². The molecule has 1 nitrogen and oxygen atoms in total. The van der Waals surface area contributed by atoms with Crippen LogP contribution < -0.4 is 0 Å². The number of phenols is 1. The highest BCUT2D eigenvalue weighted by molar-refractivity contribution is 5.55. The van der Waals surface area contributed by atoms with Gasteiger partial charge in [-0.3, -0.25) is 0 Å². The molecule has 0 saturated heterocycles. The maximum absolute atomic E-state index is 12.7. The second-order valence-electron chi connectivity index (χ2n) is 20.1. The second-order valence-corrected chi connectivity index (χ2v) is 20.1. The lowest BCUT2D eigenvalue weighted by Gasteiger charge is -2.64. The van der Waals surface area contributed by atoms with Crippen molar-refractivity contribution in [1.29, 1.82) is 0 Å². The zero-order valence-corrected chi connectivity index (χ0v) is 25.8. The number of aromatic hydroxyl groups is 1. The molecule has 0 radical (unpaired) electrons. The van der Waals surface area contributed by atoms with Gasteiger partial charge in [-0.05, 0) is 178 Å². The van der Waals surface area contributed by atoms with Crippen molar-refractivity contribution < 1.29 is 5.11 Å². The van der Waals surface area contributed by atoms with E-state index in [4.69, 9.17) is 0 Å². The van der Waals surface area contributed by atoms with Gasteiger partial charge in [-0.25, -0.2) is 0 Å². The molecule has 1 aromatic carbocycles. The summed E-state index contributed by atoms with van der Waals surface area (Å²) in [6.45, 7) is 7.91. The van der Waals surface area contributed by atoms with Crippen LogP contribution in [0.3, 0.4) is 0 Å². The largest absolute Gasteiger partial charge is 0.507 e. The Morgan fingerprint density at radius 2 is 0.775 bits per heavy atom. The first kappa shape index (κ1) is 24.5. The molecule has 12 aliphatic carbocycles. The Hall–Kier alpha value is -0.980. The quantitative estimate of drug-likeness (QED) is 0.406. The molecule has 12 bridgehead atoms. The summed E-state index contributed by atoms with van der Waals surface area (Å²) in [4.78, 5) is 0. The van der Waals surface area contributed by atoms with Gasteiger partial charge in [0.25, 0.3) is 0 Å². The van der Waals surface area contributed by atoms with Gasteiger partial charge in [0.1, 0.15) is 5.75 Å². The smallest absolute Gasteiger partial charge is 0.123 e. The fraction of sp³-hybridized carbons (Fsp3) is 0.846. The molecular formula is C39H54O. The van der Waals surface area contributed by atoms with E-state index in [2.05, 4.69) is 32.9 Å². The molecule has 216 valence electrons. The van der Waals surface area contributed by atoms with Gasteiger partial charge in [-0.1, -0.05) is 32.9 Å². The van der Waals surface area contributed by atoms with Crippen molar-refractivity contribution in [2.24, 2.45) is 51.8 Å². The number of benzene rings is 1. The molecule has 0 heterocycles. The van der Waals surface area contributed by atoms with Crippen LogP contribution in [0.25, 0.3) is 0 Å². The number of phenolic OH excluding ortho intramolecular Hbond substituents is 1. The van der Waals surface area contributed by atoms with Crippen LogP contribution >= 0.6 is 0 Å². The second kappa shape index (κ2) is 7.21. The van der Waals surface area contributed by atoms with E-state index >= 15 is 0 Å². The Balaban J connectivity index is 1.18. The Labute approximate surface area is 243 Å². The monoisotopic (exact) mass is 538 g/mol. The fourth-order valence-electron chi connectivity index (χ4n) is 16.9. The zero-order chi connectivity index (χ0) is 26.9. The Morgan fingerprint density at radius 1 is 0.475 bits per heavy atom. The van der Waals surface area contributed by atoms with Gasteiger partial charge in [-0.15, -0.1) is 0 Å². The molecule has 13 rings (SSSR count). The molecular weight excluding hydrogens is 484 g/mol. The van der Waals surface area contributed by atoms with Gasteiger partial charge < -0.3 is 5.11 Å². The SMILES string of the molecule is CC12C[C@H]3C[C@@H](C1)CC(c1cc(C45C[C@H]6C[C@@H](CC(C)(C6)C4)C5)c(O)c(C45C[C@H]6C[C@@H](CC(C)(C6)C4)C5)c1)(C3)C2. The summed E-state index contributed by atoms with van der Waals surface area (Å²) < 4.78 is 0. The minimum Gasteiger partial charge on any atom is -0.507 e. The van der Waals surface area contributed by atoms with Crippen LogP contribution in [0.5, 0.6) is 5.75 Å². The molecule has 8 atom stereocenters. The maximum Gasteiger partial charge on any atom is 0.123 e. The van der Waals surface area contributed by atoms with Gasteiger partial charge >= 0.3 is 0 Å². The molecule has 0 aliphatic heterocycles. The third kappa shape index (κ3) is 3.17. The van der Waals surface area contributed by atoms with Crippen molar-refractivity contribution in [2.45, 2.75) is 153 Å². The van der Waals surface area contributed by atoms with Crippen LogP contribution in [0.15, 0.2) is 12.1 Å². The highest BCUT2D eigenvalue weighted by Crippen LogP contribution is 2.71. The van der Waals surface area contributed by atoms with Crippen LogP contribution in [-0.4, -0.2) is 5.11 Å². The van der Waals surface area contributed by atoms with Gasteiger partial charge in [-0.2, -0.15) is 0 Å². The van der Waals surface area contributed by atoms with Crippen molar-refractivity contribution in [2.75, 3.05) is 0 Å². The Bertz CT molecular complexity index is 1190. The van der Waals surface area contributed by atoms with Crippen LogP contribution in [-0.2, 0) is 16.2 Å². The van der Waals surface area contributed by atoms with Crippen molar-refractivity contribution in [3.63, 3.8) is 0 Å². The van der Waals surface area contributed by atoms with E-state index in [0.29, 0.717) is 21.7 Å². The number of rotatable bonds is 3. The third-order valence-electron chi connectivity index (χ3n) is 15.9. The molecule has 0 spiro atoms. The molecule has 12 aliphatic rings. The average molecular weight is 539 g/mol. The normalized spacial score (nSPS) is 58.3. The minimum atomic E-state index is 0.242. The standard InChI is InChI=1S/C39H54O/c1-34-9-24-4-25(10-34)16-37(15-24,21-34)30-7-31(38-17-26-5-27(18-38)12-35(2,11-26)22-38)33(40)32(8-30)39-19-28-6-29(20-39)14-36(3,13-28)23-39/h7-8,24-29,40H,4-6,9-23H2,1-3H3/t24-,25+,26-,27-,28-,29-,34?,35?,36?,37?,38?,39?/m0/s1. The summed E-state index contributed by atoms with van der Waals surface area (Å²) in [6.07, 6.45) is 25.7. The molecule has 0 amide bonds. The summed E-state index contributed by atoms with van der Waals surface area (Å²) >= 11 is 0. The molecule has 40 heavy (non-hydrogen) atoms. The van der Waals surface area contributed by atoms with Crippen molar-refractivity contribution in [1.82, 2.24) is 0 Å². The van der Waals surface area contributed by atoms with E-state index in [0.717, 1.165) is 41.3 Å². The predicted octanol–water partition coefficient (Wildman–Crippen LogP) is 9.97. The lowest BCUT2D eigenvalue weighted by Crippen LogP contribution is -2.55. The van der Waals surface area contributed by atoms with Crippen LogP contribution in [0.1, 0.15) is 153 Å². The molecule has 12 fully saturated rings. The molecule has 0 aromatic heterocycles. The van der Waals surface area contributed by atoms with Gasteiger partial charge in [0.2, 0.25) is 0 Å². The summed E-state index contributed by atoms with van der Waals surface area (Å²) in [5.41, 5.74) is 7.11. The highest BCUT2D eigenvalue weighted by Gasteiger charge is 2.61. The summed E-state index contributed by atoms with van der Waals surface area (Å²) in [7, 11) is 0. The lowest BCUT2D eigenvalue weighted by molar-refractivity contribution is -0.0674. The lowest BCUT2D eigenvalue weighted by atomic mass is 9.41. The van der Waals surface area contributed by atoms with Gasteiger partial charge in [0.05, 0.1) is 0 Å². The van der Waals surface area contributed by atoms with Gasteiger partial charge in [0, 0.05) is 22.0 Å². The van der Waals surface area contributed by atoms with E-state index < -0.39 is 0 Å². The first-order valence-electron chi connectivity index (χ1n) is 17.8. The highest BCUT2D eigenvalue weighted by atomic mass is 16.3. The molecule has 12 saturated carbocycles. The van der Waals surface area contributed by atoms with E-state index in [1.165, 1.54) is 127 Å². The van der Waals surface area contributed by atoms with Crippen LogP contribution in [0, 0.1) is 51.8 Å². The first-order chi connectivity index (χ1) is 19.0. The molecule has 2 unspecified atom stereocenters. The summed E-state index contributed by atoms with van der Waals surface area (Å²) in [5.74, 6) is 6.30. The number of hydrogen-bond donors (Lipinski definition) is 1. The molecule has 1 heteroatoms. The minimum absolute atomic E-state index is 0.242. The van der Waals surface area contributed by atoms with E-state index in [9.17, 15) is 5.11 Å². The average Bonchev–Trinajstić information content (AvgIpc) is 2.79. The van der Waals surface area contributed by atoms with E-state index in [1.54, 1.807) is 5.56 Å². The van der Waals surface area contributed by atoms with E-state index in [1.807, 2.05) is 0 Å². The molecule has 1 aromatic rings. The van der Waals surface area contributed by atoms with E-state index in [-0.39, 0.29) is 10.8 Å². The maximum atomic E-state index is 12.7. The Kier molecular flexibility index (Phi) is 4.41. The topological polar surface area (TPSA) is 20.2 Å². The number of hydrogen-bond acceptors (Lipinski definition) is 1. The molecule has 1 N–H and O–H groups in total. The van der Waals surface area contributed by atoms with Crippen LogP contribution in [0.2, 0.25) is 0 Å². The fourth-order valence-corrected chi connectivity index (χ4v) is 16.9. The predicted molar refractivity (Wildman–Crippen MR) is 162 cm³/mol. The summed E-state index contributed by atoms with van der Waals surface area (Å²) in [6, 6.07) is 5.43. The zero-order valence-electron chi connectivity index (χ0n) is 25.8.